The molecule has 1 N–H and O–H groups in total. The van der Waals surface area contributed by atoms with Crippen LogP contribution in [0.2, 0.25) is 5.02 Å². The number of amides is 3. The van der Waals surface area contributed by atoms with Gasteiger partial charge in [-0.25, -0.2) is 4.79 Å². The Labute approximate surface area is 157 Å². The molecule has 1 heterocycles. The number of thioether (sulfide) groups is 1. The molecule has 7 heteroatoms. The first-order chi connectivity index (χ1) is 11.4. The molecule has 2 rings (SSSR count). The van der Waals surface area contributed by atoms with Gasteiger partial charge in [0.15, 0.2) is 0 Å². The molecule has 1 aromatic rings. The lowest BCUT2D eigenvalue weighted by Crippen LogP contribution is -2.46. The SMILES string of the molecule is CCCCCC(Cl)NC(=O)N1C(=O)SC(c2ccc(Cl)cc2)C1C. The van der Waals surface area contributed by atoms with Crippen LogP contribution in [0.15, 0.2) is 24.3 Å². The fourth-order valence-corrected chi connectivity index (χ4v) is 4.25. The molecule has 1 aromatic carbocycles. The maximum atomic E-state index is 12.4. The summed E-state index contributed by atoms with van der Waals surface area (Å²) >= 11 is 13.2. The normalized spacial score (nSPS) is 21.8. The zero-order valence-corrected chi connectivity index (χ0v) is 16.1. The van der Waals surface area contributed by atoms with Crippen molar-refractivity contribution in [1.82, 2.24) is 10.2 Å². The van der Waals surface area contributed by atoms with Gasteiger partial charge in [-0.1, -0.05) is 73.3 Å². The topological polar surface area (TPSA) is 49.4 Å². The molecule has 0 bridgehead atoms. The highest BCUT2D eigenvalue weighted by molar-refractivity contribution is 8.14. The van der Waals surface area contributed by atoms with Gasteiger partial charge >= 0.3 is 6.03 Å². The van der Waals surface area contributed by atoms with Crippen LogP contribution in [0, 0.1) is 0 Å². The summed E-state index contributed by atoms with van der Waals surface area (Å²) in [6.07, 6.45) is 3.83. The lowest BCUT2D eigenvalue weighted by atomic mass is 10.1. The predicted molar refractivity (Wildman–Crippen MR) is 101 cm³/mol. The van der Waals surface area contributed by atoms with Gasteiger partial charge in [-0.3, -0.25) is 9.69 Å². The van der Waals surface area contributed by atoms with Crippen LogP contribution in [0.25, 0.3) is 0 Å². The van der Waals surface area contributed by atoms with Crippen LogP contribution in [0.3, 0.4) is 0 Å². The molecule has 3 amide bonds. The number of carbonyl (C=O) groups is 2. The molecule has 0 spiro atoms. The third-order valence-electron chi connectivity index (χ3n) is 4.03. The van der Waals surface area contributed by atoms with Gasteiger partial charge in [0.2, 0.25) is 0 Å². The van der Waals surface area contributed by atoms with Crippen molar-refractivity contribution in [2.24, 2.45) is 0 Å². The van der Waals surface area contributed by atoms with E-state index in [0.717, 1.165) is 36.6 Å². The van der Waals surface area contributed by atoms with Gasteiger partial charge in [0, 0.05) is 5.02 Å². The molecule has 4 nitrogen and oxygen atoms in total. The summed E-state index contributed by atoms with van der Waals surface area (Å²) in [5.74, 6) is 0. The monoisotopic (exact) mass is 388 g/mol. The minimum absolute atomic E-state index is 0.102. The van der Waals surface area contributed by atoms with Crippen molar-refractivity contribution in [3.8, 4) is 0 Å². The van der Waals surface area contributed by atoms with Crippen LogP contribution in [-0.2, 0) is 0 Å². The number of hydrogen-bond donors (Lipinski definition) is 1. The van der Waals surface area contributed by atoms with Gasteiger partial charge in [0.05, 0.1) is 11.3 Å². The van der Waals surface area contributed by atoms with Crippen molar-refractivity contribution in [2.45, 2.75) is 56.3 Å². The summed E-state index contributed by atoms with van der Waals surface area (Å²) in [5, 5.41) is 3.01. The number of imide groups is 1. The van der Waals surface area contributed by atoms with E-state index in [4.69, 9.17) is 23.2 Å². The van der Waals surface area contributed by atoms with Gasteiger partial charge in [0.25, 0.3) is 5.24 Å². The van der Waals surface area contributed by atoms with E-state index in [2.05, 4.69) is 12.2 Å². The lowest BCUT2D eigenvalue weighted by Gasteiger charge is -2.23. The molecule has 0 aromatic heterocycles. The molecule has 0 radical (unpaired) electrons. The number of rotatable bonds is 6. The highest BCUT2D eigenvalue weighted by Gasteiger charge is 2.42. The Bertz CT molecular complexity index is 582. The Balaban J connectivity index is 1.99. The Morgan fingerprint density at radius 2 is 2.00 bits per heavy atom. The Morgan fingerprint density at radius 1 is 1.33 bits per heavy atom. The molecule has 24 heavy (non-hydrogen) atoms. The number of urea groups is 1. The van der Waals surface area contributed by atoms with Gasteiger partial charge in [-0.2, -0.15) is 0 Å². The second-order valence-corrected chi connectivity index (χ2v) is 7.94. The second-order valence-electron chi connectivity index (χ2n) is 5.88. The first-order valence-electron chi connectivity index (χ1n) is 8.14. The molecule has 1 saturated heterocycles. The number of halogens is 2. The van der Waals surface area contributed by atoms with Crippen molar-refractivity contribution >= 4 is 46.2 Å². The highest BCUT2D eigenvalue weighted by Crippen LogP contribution is 2.43. The minimum Gasteiger partial charge on any atom is -0.321 e. The number of alkyl halides is 1. The number of carbonyl (C=O) groups excluding carboxylic acids is 2. The number of nitrogens with zero attached hydrogens (tertiary/aromatic N) is 1. The standard InChI is InChI=1S/C17H22Cl2N2O2S/c1-3-4-5-6-14(19)20-16(22)21-11(2)15(24-17(21)23)12-7-9-13(18)10-8-12/h7-11,14-15H,3-6H2,1-2H3,(H,20,22). The maximum absolute atomic E-state index is 12.4. The molecule has 0 aliphatic carbocycles. The Morgan fingerprint density at radius 3 is 2.62 bits per heavy atom. The van der Waals surface area contributed by atoms with E-state index in [1.54, 1.807) is 12.1 Å². The van der Waals surface area contributed by atoms with Crippen LogP contribution in [0.1, 0.15) is 50.3 Å². The van der Waals surface area contributed by atoms with E-state index >= 15 is 0 Å². The van der Waals surface area contributed by atoms with Gasteiger partial charge in [-0.15, -0.1) is 0 Å². The van der Waals surface area contributed by atoms with Crippen molar-refractivity contribution < 1.29 is 9.59 Å². The maximum Gasteiger partial charge on any atom is 0.326 e. The van der Waals surface area contributed by atoms with Gasteiger partial charge in [0.1, 0.15) is 5.50 Å². The Hall–Kier alpha value is -0.910. The third kappa shape index (κ3) is 4.80. The second kappa shape index (κ2) is 8.97. The lowest BCUT2D eigenvalue weighted by molar-refractivity contribution is 0.188. The number of unbranched alkanes of at least 4 members (excludes halogenated alkanes) is 2. The molecular weight excluding hydrogens is 367 g/mol. The summed E-state index contributed by atoms with van der Waals surface area (Å²) < 4.78 is 0. The Kier molecular flexibility index (Phi) is 7.26. The smallest absolute Gasteiger partial charge is 0.321 e. The summed E-state index contributed by atoms with van der Waals surface area (Å²) in [6.45, 7) is 3.98. The molecule has 3 atom stereocenters. The summed E-state index contributed by atoms with van der Waals surface area (Å²) in [5.41, 5.74) is 0.523. The average Bonchev–Trinajstić information content (AvgIpc) is 2.83. The van der Waals surface area contributed by atoms with Gasteiger partial charge < -0.3 is 5.32 Å². The van der Waals surface area contributed by atoms with E-state index in [-0.39, 0.29) is 16.5 Å². The van der Waals surface area contributed by atoms with Crippen LogP contribution in [-0.4, -0.2) is 27.7 Å². The molecular formula is C17H22Cl2N2O2S. The first kappa shape index (κ1) is 19.4. The minimum atomic E-state index is -0.455. The van der Waals surface area contributed by atoms with Crippen LogP contribution in [0.5, 0.6) is 0 Å². The zero-order valence-electron chi connectivity index (χ0n) is 13.8. The number of benzene rings is 1. The zero-order chi connectivity index (χ0) is 17.7. The van der Waals surface area contributed by atoms with Crippen LogP contribution in [0.4, 0.5) is 9.59 Å². The largest absolute Gasteiger partial charge is 0.326 e. The number of nitrogens with one attached hydrogen (secondary N) is 1. The summed E-state index contributed by atoms with van der Waals surface area (Å²) in [6, 6.07) is 6.69. The van der Waals surface area contributed by atoms with Crippen molar-refractivity contribution in [1.29, 1.82) is 0 Å². The first-order valence-corrected chi connectivity index (χ1v) is 9.83. The highest BCUT2D eigenvalue weighted by atomic mass is 35.5. The fraction of sp³-hybridized carbons (Fsp3) is 0.529. The molecule has 0 saturated carbocycles. The van der Waals surface area contributed by atoms with E-state index < -0.39 is 11.5 Å². The molecule has 1 aliphatic heterocycles. The van der Waals surface area contributed by atoms with E-state index in [9.17, 15) is 9.59 Å². The quantitative estimate of drug-likeness (QED) is 0.380. The van der Waals surface area contributed by atoms with E-state index in [0.29, 0.717) is 11.4 Å². The third-order valence-corrected chi connectivity index (χ3v) is 5.93. The van der Waals surface area contributed by atoms with Gasteiger partial charge in [-0.05, 0) is 31.0 Å². The van der Waals surface area contributed by atoms with Crippen LogP contribution >= 0.6 is 35.0 Å². The summed E-state index contributed by atoms with van der Waals surface area (Å²) in [7, 11) is 0. The van der Waals surface area contributed by atoms with E-state index in [1.807, 2.05) is 19.1 Å². The van der Waals surface area contributed by atoms with Crippen molar-refractivity contribution in [3.63, 3.8) is 0 Å². The molecule has 3 unspecified atom stereocenters. The number of hydrogen-bond acceptors (Lipinski definition) is 3. The van der Waals surface area contributed by atoms with Crippen molar-refractivity contribution in [3.05, 3.63) is 34.9 Å². The summed E-state index contributed by atoms with van der Waals surface area (Å²) in [4.78, 5) is 26.0. The molecule has 1 aliphatic rings. The molecule has 132 valence electrons. The fourth-order valence-electron chi connectivity index (χ4n) is 2.68. The predicted octanol–water partition coefficient (Wildman–Crippen LogP) is 5.79. The van der Waals surface area contributed by atoms with E-state index in [1.165, 1.54) is 4.90 Å². The average molecular weight is 389 g/mol. The van der Waals surface area contributed by atoms with Crippen molar-refractivity contribution in [2.75, 3.05) is 0 Å². The van der Waals surface area contributed by atoms with Crippen LogP contribution < -0.4 is 5.32 Å². The molecule has 1 fully saturated rings.